The topological polar surface area (TPSA) is 49.4 Å². The Morgan fingerprint density at radius 2 is 1.56 bits per heavy atom. The second kappa shape index (κ2) is 8.77. The van der Waals surface area contributed by atoms with Crippen LogP contribution >= 0.6 is 23.2 Å². The molecule has 0 saturated heterocycles. The standard InChI is InChI=1S/C21H24Cl2N2O2/c1-5-6-14-7-9-15(10-8-14)19(26)24-25(21(2,3)4)20(27)16-11-12-17(22)18(23)13-16/h7-13H,5-6H2,1-4H3,(H,24,26). The molecule has 144 valence electrons. The van der Waals surface area contributed by atoms with E-state index < -0.39 is 5.54 Å². The zero-order valence-electron chi connectivity index (χ0n) is 16.0. The van der Waals surface area contributed by atoms with Gasteiger partial charge in [0.15, 0.2) is 0 Å². The van der Waals surface area contributed by atoms with Gasteiger partial charge in [-0.2, -0.15) is 0 Å². The van der Waals surface area contributed by atoms with Gasteiger partial charge in [0.25, 0.3) is 11.8 Å². The minimum Gasteiger partial charge on any atom is -0.267 e. The van der Waals surface area contributed by atoms with E-state index in [1.807, 2.05) is 32.9 Å². The number of nitrogens with zero attached hydrogens (tertiary/aromatic N) is 1. The number of aryl methyl sites for hydroxylation is 1. The molecule has 6 heteroatoms. The molecular weight excluding hydrogens is 383 g/mol. The fourth-order valence-corrected chi connectivity index (χ4v) is 2.86. The minimum atomic E-state index is -0.638. The van der Waals surface area contributed by atoms with Gasteiger partial charge in [0.05, 0.1) is 15.6 Å². The van der Waals surface area contributed by atoms with E-state index in [4.69, 9.17) is 23.2 Å². The first-order valence-corrected chi connectivity index (χ1v) is 9.58. The molecule has 4 nitrogen and oxygen atoms in total. The number of hydrogen-bond acceptors (Lipinski definition) is 2. The third kappa shape index (κ3) is 5.47. The van der Waals surface area contributed by atoms with Crippen molar-refractivity contribution in [1.82, 2.24) is 10.4 Å². The highest BCUT2D eigenvalue weighted by atomic mass is 35.5. The van der Waals surface area contributed by atoms with Crippen LogP contribution in [0.5, 0.6) is 0 Å². The molecule has 2 aromatic carbocycles. The van der Waals surface area contributed by atoms with Crippen molar-refractivity contribution < 1.29 is 9.59 Å². The molecule has 0 spiro atoms. The molecule has 0 heterocycles. The Morgan fingerprint density at radius 1 is 0.963 bits per heavy atom. The molecule has 0 aliphatic heterocycles. The third-order valence-electron chi connectivity index (χ3n) is 4.01. The average molecular weight is 407 g/mol. The molecule has 0 atom stereocenters. The maximum Gasteiger partial charge on any atom is 0.272 e. The van der Waals surface area contributed by atoms with Crippen molar-refractivity contribution in [2.45, 2.75) is 46.1 Å². The average Bonchev–Trinajstić information content (AvgIpc) is 2.61. The lowest BCUT2D eigenvalue weighted by Gasteiger charge is -2.35. The highest BCUT2D eigenvalue weighted by Crippen LogP contribution is 2.24. The van der Waals surface area contributed by atoms with E-state index in [-0.39, 0.29) is 16.8 Å². The summed E-state index contributed by atoms with van der Waals surface area (Å²) in [5.41, 5.74) is 4.10. The largest absolute Gasteiger partial charge is 0.272 e. The molecule has 0 bridgehead atoms. The van der Waals surface area contributed by atoms with Crippen LogP contribution in [0.25, 0.3) is 0 Å². The lowest BCUT2D eigenvalue weighted by atomic mass is 10.1. The van der Waals surface area contributed by atoms with Crippen molar-refractivity contribution >= 4 is 35.0 Å². The quantitative estimate of drug-likeness (QED) is 0.678. The molecule has 0 aromatic heterocycles. The van der Waals surface area contributed by atoms with Crippen molar-refractivity contribution in [2.24, 2.45) is 0 Å². The van der Waals surface area contributed by atoms with Gasteiger partial charge in [-0.3, -0.25) is 15.0 Å². The summed E-state index contributed by atoms with van der Waals surface area (Å²) in [6.45, 7) is 7.63. The molecule has 1 N–H and O–H groups in total. The molecule has 0 aliphatic carbocycles. The second-order valence-electron chi connectivity index (χ2n) is 7.33. The third-order valence-corrected chi connectivity index (χ3v) is 4.75. The van der Waals surface area contributed by atoms with E-state index in [0.29, 0.717) is 16.1 Å². The van der Waals surface area contributed by atoms with Crippen LogP contribution in [0.15, 0.2) is 42.5 Å². The number of halogens is 2. The van der Waals surface area contributed by atoms with Crippen molar-refractivity contribution in [3.05, 3.63) is 69.2 Å². The first-order valence-electron chi connectivity index (χ1n) is 8.83. The van der Waals surface area contributed by atoms with Crippen LogP contribution in [-0.2, 0) is 6.42 Å². The van der Waals surface area contributed by atoms with Gasteiger partial charge in [-0.15, -0.1) is 0 Å². The normalized spacial score (nSPS) is 11.2. The summed E-state index contributed by atoms with van der Waals surface area (Å²) in [6, 6.07) is 12.0. The van der Waals surface area contributed by atoms with Gasteiger partial charge in [-0.1, -0.05) is 48.7 Å². The predicted octanol–water partition coefficient (Wildman–Crippen LogP) is 5.53. The Balaban J connectivity index is 2.24. The summed E-state index contributed by atoms with van der Waals surface area (Å²) >= 11 is 12.0. The van der Waals surface area contributed by atoms with Gasteiger partial charge >= 0.3 is 0 Å². The zero-order valence-corrected chi connectivity index (χ0v) is 17.5. The van der Waals surface area contributed by atoms with E-state index in [2.05, 4.69) is 12.3 Å². The number of nitrogens with one attached hydrogen (secondary N) is 1. The Bertz CT molecular complexity index is 827. The summed E-state index contributed by atoms with van der Waals surface area (Å²) in [5, 5.41) is 1.97. The predicted molar refractivity (Wildman–Crippen MR) is 110 cm³/mol. The molecule has 0 saturated carbocycles. The molecule has 27 heavy (non-hydrogen) atoms. The van der Waals surface area contributed by atoms with Gasteiger partial charge in [-0.05, 0) is 63.1 Å². The highest BCUT2D eigenvalue weighted by Gasteiger charge is 2.30. The summed E-state index contributed by atoms with van der Waals surface area (Å²) in [6.07, 6.45) is 2.01. The van der Waals surface area contributed by atoms with Gasteiger partial charge < -0.3 is 0 Å². The van der Waals surface area contributed by atoms with Crippen LogP contribution in [0.4, 0.5) is 0 Å². The maximum atomic E-state index is 13.0. The number of carbonyl (C=O) groups excluding carboxylic acids is 2. The summed E-state index contributed by atoms with van der Waals surface area (Å²) in [7, 11) is 0. The fourth-order valence-electron chi connectivity index (χ4n) is 2.56. The zero-order chi connectivity index (χ0) is 20.2. The summed E-state index contributed by atoms with van der Waals surface area (Å²) in [4.78, 5) is 25.6. The van der Waals surface area contributed by atoms with Crippen molar-refractivity contribution in [1.29, 1.82) is 0 Å². The molecule has 0 fully saturated rings. The molecule has 0 radical (unpaired) electrons. The van der Waals surface area contributed by atoms with E-state index >= 15 is 0 Å². The van der Waals surface area contributed by atoms with Gasteiger partial charge in [0, 0.05) is 11.1 Å². The van der Waals surface area contributed by atoms with Crippen molar-refractivity contribution in [2.75, 3.05) is 0 Å². The lowest BCUT2D eigenvalue weighted by Crippen LogP contribution is -2.55. The van der Waals surface area contributed by atoms with Gasteiger partial charge in [0.2, 0.25) is 0 Å². The van der Waals surface area contributed by atoms with E-state index in [0.717, 1.165) is 12.8 Å². The van der Waals surface area contributed by atoms with E-state index in [1.165, 1.54) is 16.6 Å². The van der Waals surface area contributed by atoms with Gasteiger partial charge in [-0.25, -0.2) is 5.01 Å². The minimum absolute atomic E-state index is 0.286. The van der Waals surface area contributed by atoms with Crippen LogP contribution in [0.1, 0.15) is 60.4 Å². The fraction of sp³-hybridized carbons (Fsp3) is 0.333. The van der Waals surface area contributed by atoms with Crippen LogP contribution in [0, 0.1) is 0 Å². The van der Waals surface area contributed by atoms with Gasteiger partial charge in [0.1, 0.15) is 0 Å². The molecule has 0 unspecified atom stereocenters. The Hall–Kier alpha value is -2.04. The number of hydrazine groups is 1. The Labute approximate surface area is 170 Å². The first kappa shape index (κ1) is 21.3. The molecular formula is C21H24Cl2N2O2. The number of amides is 2. The van der Waals surface area contributed by atoms with Crippen LogP contribution < -0.4 is 5.43 Å². The van der Waals surface area contributed by atoms with E-state index in [9.17, 15) is 9.59 Å². The molecule has 2 aromatic rings. The van der Waals surface area contributed by atoms with E-state index in [1.54, 1.807) is 24.3 Å². The van der Waals surface area contributed by atoms with Crippen LogP contribution in [-0.4, -0.2) is 22.4 Å². The van der Waals surface area contributed by atoms with Crippen LogP contribution in [0.2, 0.25) is 10.0 Å². The first-order chi connectivity index (χ1) is 12.6. The Kier molecular flexibility index (Phi) is 6.90. The molecule has 2 amide bonds. The summed E-state index contributed by atoms with van der Waals surface area (Å²) in [5.74, 6) is -0.710. The lowest BCUT2D eigenvalue weighted by molar-refractivity contribution is 0.0358. The SMILES string of the molecule is CCCc1ccc(C(=O)NN(C(=O)c2ccc(Cl)c(Cl)c2)C(C)(C)C)cc1. The maximum absolute atomic E-state index is 13.0. The number of rotatable bonds is 4. The number of hydrogen-bond donors (Lipinski definition) is 1. The number of carbonyl (C=O) groups is 2. The highest BCUT2D eigenvalue weighted by molar-refractivity contribution is 6.42. The smallest absolute Gasteiger partial charge is 0.267 e. The van der Waals surface area contributed by atoms with Crippen molar-refractivity contribution in [3.8, 4) is 0 Å². The van der Waals surface area contributed by atoms with Crippen LogP contribution in [0.3, 0.4) is 0 Å². The monoisotopic (exact) mass is 406 g/mol. The van der Waals surface area contributed by atoms with Crippen molar-refractivity contribution in [3.63, 3.8) is 0 Å². The molecule has 0 aliphatic rings. The summed E-state index contributed by atoms with van der Waals surface area (Å²) < 4.78 is 0. The molecule has 2 rings (SSSR count). The Morgan fingerprint density at radius 3 is 2.07 bits per heavy atom. The second-order valence-corrected chi connectivity index (χ2v) is 8.14. The number of benzene rings is 2.